The van der Waals surface area contributed by atoms with E-state index in [0.717, 1.165) is 23.4 Å². The lowest BCUT2D eigenvalue weighted by Gasteiger charge is -2.09. The van der Waals surface area contributed by atoms with Crippen LogP contribution >= 0.6 is 0 Å². The normalized spacial score (nSPS) is 11.6. The Hall–Kier alpha value is -3.59. The number of carbonyl (C=O) groups excluding carboxylic acids is 1. The van der Waals surface area contributed by atoms with Crippen LogP contribution in [0.4, 0.5) is 13.2 Å². The molecule has 1 heterocycles. The second-order valence-electron chi connectivity index (χ2n) is 6.74. The highest BCUT2D eigenvalue weighted by atomic mass is 19.4. The molecule has 3 rings (SSSR count). The number of halogens is 3. The second kappa shape index (κ2) is 9.48. The lowest BCUT2D eigenvalue weighted by molar-refractivity contribution is -0.141. The summed E-state index contributed by atoms with van der Waals surface area (Å²) in [7, 11) is 1.54. The van der Waals surface area contributed by atoms with Gasteiger partial charge in [0.25, 0.3) is 5.91 Å². The van der Waals surface area contributed by atoms with Crippen LogP contribution in [0.2, 0.25) is 0 Å². The minimum absolute atomic E-state index is 0.202. The van der Waals surface area contributed by atoms with Crippen LogP contribution in [0.1, 0.15) is 28.2 Å². The molecule has 2 aromatic carbocycles. The van der Waals surface area contributed by atoms with Crippen molar-refractivity contribution in [2.45, 2.75) is 19.1 Å². The van der Waals surface area contributed by atoms with Gasteiger partial charge in [0.2, 0.25) is 0 Å². The average Bonchev–Trinajstić information content (AvgIpc) is 3.16. The van der Waals surface area contributed by atoms with Crippen molar-refractivity contribution in [2.24, 2.45) is 0 Å². The number of imidazole rings is 1. The molecule has 31 heavy (non-hydrogen) atoms. The zero-order valence-corrected chi connectivity index (χ0v) is 16.6. The van der Waals surface area contributed by atoms with E-state index >= 15 is 0 Å². The number of amides is 1. The van der Waals surface area contributed by atoms with Crippen molar-refractivity contribution >= 4 is 12.0 Å². The monoisotopic (exact) mass is 431 g/mol. The quantitative estimate of drug-likeness (QED) is 0.336. The molecule has 0 aliphatic rings. The lowest BCUT2D eigenvalue weighted by Crippen LogP contribution is -2.14. The van der Waals surface area contributed by atoms with E-state index < -0.39 is 17.8 Å². The number of carbonyl (C=O) groups is 1. The number of nitrogens with one attached hydrogen (secondary N) is 1. The van der Waals surface area contributed by atoms with Crippen LogP contribution in [0.25, 0.3) is 6.08 Å². The summed E-state index contributed by atoms with van der Waals surface area (Å²) in [6, 6.07) is 14.0. The van der Waals surface area contributed by atoms with Gasteiger partial charge in [0.15, 0.2) is 5.69 Å². The highest BCUT2D eigenvalue weighted by Crippen LogP contribution is 2.29. The first-order valence-corrected chi connectivity index (χ1v) is 9.26. The van der Waals surface area contributed by atoms with E-state index in [1.54, 1.807) is 55.6 Å². The standard InChI is InChI=1S/C22H20F3N3O3/c1-31-18-9-6-17(7-10-18)13-28-14-19(22(23,24)25)26-20(28)12-16-4-2-15(3-5-16)8-11-21(29)27-30/h2-11,14,30H,12-13H2,1H3,(H,27,29)/b11-8+. The Kier molecular flexibility index (Phi) is 6.76. The molecule has 0 spiro atoms. The maximum absolute atomic E-state index is 13.2. The molecule has 0 saturated heterocycles. The Bertz CT molecular complexity index is 1060. The Labute approximate surface area is 176 Å². The van der Waals surface area contributed by atoms with E-state index in [-0.39, 0.29) is 18.8 Å². The minimum Gasteiger partial charge on any atom is -0.497 e. The molecular weight excluding hydrogens is 411 g/mol. The van der Waals surface area contributed by atoms with Gasteiger partial charge in [-0.2, -0.15) is 13.2 Å². The molecule has 3 aromatic rings. The molecule has 6 nitrogen and oxygen atoms in total. The SMILES string of the molecule is COc1ccc(Cn2cc(C(F)(F)F)nc2Cc2ccc(/C=C/C(=O)NO)cc2)cc1. The molecule has 0 atom stereocenters. The Morgan fingerprint density at radius 1 is 1.13 bits per heavy atom. The molecular formula is C22H20F3N3O3. The number of aromatic nitrogens is 2. The van der Waals surface area contributed by atoms with Crippen LogP contribution in [0.5, 0.6) is 5.75 Å². The third-order valence-electron chi connectivity index (χ3n) is 4.54. The molecule has 0 fully saturated rings. The van der Waals surface area contributed by atoms with E-state index in [2.05, 4.69) is 4.98 Å². The molecule has 0 saturated carbocycles. The molecule has 0 bridgehead atoms. The number of hydroxylamine groups is 1. The smallest absolute Gasteiger partial charge is 0.434 e. The van der Waals surface area contributed by atoms with Crippen LogP contribution in [-0.4, -0.2) is 27.8 Å². The van der Waals surface area contributed by atoms with Crippen LogP contribution in [-0.2, 0) is 23.9 Å². The molecule has 2 N–H and O–H groups in total. The Balaban J connectivity index is 1.82. The topological polar surface area (TPSA) is 76.4 Å². The fourth-order valence-electron chi connectivity index (χ4n) is 2.93. The summed E-state index contributed by atoms with van der Waals surface area (Å²) in [5.74, 6) is 0.284. The van der Waals surface area contributed by atoms with Gasteiger partial charge in [0, 0.05) is 25.2 Å². The third-order valence-corrected chi connectivity index (χ3v) is 4.54. The first-order valence-electron chi connectivity index (χ1n) is 9.26. The van der Waals surface area contributed by atoms with Gasteiger partial charge in [-0.25, -0.2) is 10.5 Å². The molecule has 0 aliphatic heterocycles. The molecule has 1 aromatic heterocycles. The van der Waals surface area contributed by atoms with Crippen molar-refractivity contribution in [2.75, 3.05) is 7.11 Å². The summed E-state index contributed by atoms with van der Waals surface area (Å²) in [5, 5.41) is 8.49. The number of rotatable bonds is 7. The molecule has 0 unspecified atom stereocenters. The highest BCUT2D eigenvalue weighted by molar-refractivity contribution is 5.90. The molecule has 0 radical (unpaired) electrons. The van der Waals surface area contributed by atoms with E-state index in [9.17, 15) is 18.0 Å². The summed E-state index contributed by atoms with van der Waals surface area (Å²) in [4.78, 5) is 14.9. The Morgan fingerprint density at radius 2 is 1.77 bits per heavy atom. The number of methoxy groups -OCH3 is 1. The number of alkyl halides is 3. The summed E-state index contributed by atoms with van der Waals surface area (Å²) in [5.41, 5.74) is 2.83. The predicted molar refractivity (Wildman–Crippen MR) is 108 cm³/mol. The van der Waals surface area contributed by atoms with Gasteiger partial charge < -0.3 is 9.30 Å². The number of nitrogens with zero attached hydrogens (tertiary/aromatic N) is 2. The summed E-state index contributed by atoms with van der Waals surface area (Å²) < 4.78 is 46.3. The van der Waals surface area contributed by atoms with Crippen molar-refractivity contribution in [3.05, 3.63) is 89.0 Å². The summed E-state index contributed by atoms with van der Waals surface area (Å²) >= 11 is 0. The highest BCUT2D eigenvalue weighted by Gasteiger charge is 2.34. The van der Waals surface area contributed by atoms with Gasteiger partial charge in [-0.1, -0.05) is 36.4 Å². The van der Waals surface area contributed by atoms with E-state index in [4.69, 9.17) is 9.94 Å². The van der Waals surface area contributed by atoms with Crippen LogP contribution in [0.15, 0.2) is 60.8 Å². The van der Waals surface area contributed by atoms with Gasteiger partial charge in [0.05, 0.1) is 7.11 Å². The first kappa shape index (κ1) is 22.1. The molecule has 9 heteroatoms. The Morgan fingerprint density at radius 3 is 2.35 bits per heavy atom. The minimum atomic E-state index is -4.54. The zero-order chi connectivity index (χ0) is 22.4. The average molecular weight is 431 g/mol. The van der Waals surface area contributed by atoms with E-state index in [1.807, 2.05) is 0 Å². The largest absolute Gasteiger partial charge is 0.497 e. The van der Waals surface area contributed by atoms with Crippen molar-refractivity contribution in [1.29, 1.82) is 0 Å². The third kappa shape index (κ3) is 5.95. The summed E-state index contributed by atoms with van der Waals surface area (Å²) in [6.45, 7) is 0.236. The fourth-order valence-corrected chi connectivity index (χ4v) is 2.93. The number of benzene rings is 2. The number of hydrogen-bond donors (Lipinski definition) is 2. The molecule has 0 aliphatic carbocycles. The maximum Gasteiger partial charge on any atom is 0.434 e. The zero-order valence-electron chi connectivity index (χ0n) is 16.6. The van der Waals surface area contributed by atoms with Crippen LogP contribution in [0.3, 0.4) is 0 Å². The number of ether oxygens (including phenoxy) is 1. The van der Waals surface area contributed by atoms with Gasteiger partial charge in [0.1, 0.15) is 11.6 Å². The van der Waals surface area contributed by atoms with Gasteiger partial charge in [-0.3, -0.25) is 10.0 Å². The number of hydrogen-bond acceptors (Lipinski definition) is 4. The van der Waals surface area contributed by atoms with Crippen molar-refractivity contribution < 1.29 is 27.9 Å². The van der Waals surface area contributed by atoms with Crippen molar-refractivity contribution in [1.82, 2.24) is 15.0 Å². The lowest BCUT2D eigenvalue weighted by atomic mass is 10.1. The van der Waals surface area contributed by atoms with Crippen molar-refractivity contribution in [3.63, 3.8) is 0 Å². The fraction of sp³-hybridized carbons (Fsp3) is 0.182. The van der Waals surface area contributed by atoms with Gasteiger partial charge in [-0.05, 0) is 34.9 Å². The molecule has 162 valence electrons. The van der Waals surface area contributed by atoms with E-state index in [1.165, 1.54) is 16.1 Å². The second-order valence-corrected chi connectivity index (χ2v) is 6.74. The van der Waals surface area contributed by atoms with Gasteiger partial charge >= 0.3 is 6.18 Å². The maximum atomic E-state index is 13.2. The summed E-state index contributed by atoms with van der Waals surface area (Å²) in [6.07, 6.45) is -0.659. The van der Waals surface area contributed by atoms with Gasteiger partial charge in [-0.15, -0.1) is 0 Å². The van der Waals surface area contributed by atoms with Crippen LogP contribution < -0.4 is 10.2 Å². The van der Waals surface area contributed by atoms with E-state index in [0.29, 0.717) is 11.3 Å². The first-order chi connectivity index (χ1) is 14.8. The van der Waals surface area contributed by atoms with Crippen LogP contribution in [0, 0.1) is 0 Å². The predicted octanol–water partition coefficient (Wildman–Crippen LogP) is 4.07. The molecule has 1 amide bonds. The van der Waals surface area contributed by atoms with Crippen molar-refractivity contribution in [3.8, 4) is 5.75 Å².